The fraction of sp³-hybridized carbons (Fsp3) is 0.500. The van der Waals surface area contributed by atoms with E-state index in [1.807, 2.05) is 18.5 Å². The first kappa shape index (κ1) is 19.1. The number of likely N-dealkylation sites (tertiary alicyclic amines) is 1. The molecule has 0 amide bonds. The summed E-state index contributed by atoms with van der Waals surface area (Å²) < 4.78 is 9.45. The molecule has 2 N–H and O–H groups in total. The predicted octanol–water partition coefficient (Wildman–Crippen LogP) is 2.51. The van der Waals surface area contributed by atoms with Crippen molar-refractivity contribution in [1.29, 1.82) is 5.26 Å². The zero-order chi connectivity index (χ0) is 20.8. The van der Waals surface area contributed by atoms with Gasteiger partial charge in [0.25, 0.3) is 0 Å². The summed E-state index contributed by atoms with van der Waals surface area (Å²) in [5.74, 6) is 0.640. The lowest BCUT2D eigenvalue weighted by atomic mass is 9.85. The van der Waals surface area contributed by atoms with E-state index in [9.17, 15) is 5.26 Å². The Labute approximate surface area is 175 Å². The van der Waals surface area contributed by atoms with Gasteiger partial charge in [-0.3, -0.25) is 4.68 Å². The van der Waals surface area contributed by atoms with Crippen molar-refractivity contribution in [2.24, 2.45) is 5.73 Å². The van der Waals surface area contributed by atoms with Gasteiger partial charge in [-0.2, -0.15) is 15.5 Å². The van der Waals surface area contributed by atoms with E-state index in [0.717, 1.165) is 55.6 Å². The normalized spacial score (nSPS) is 22.7. The number of piperidine rings is 1. The Morgan fingerprint density at radius 2 is 1.93 bits per heavy atom. The number of nitriles is 1. The van der Waals surface area contributed by atoms with Crippen LogP contribution in [0.1, 0.15) is 43.0 Å². The number of rotatable bonds is 4. The smallest absolute Gasteiger partial charge is 0.146 e. The summed E-state index contributed by atoms with van der Waals surface area (Å²) in [5.41, 5.74) is 10.4. The quantitative estimate of drug-likeness (QED) is 0.716. The second-order valence-electron chi connectivity index (χ2n) is 8.50. The van der Waals surface area contributed by atoms with Gasteiger partial charge in [-0.05, 0) is 38.7 Å². The van der Waals surface area contributed by atoms with Gasteiger partial charge in [-0.25, -0.2) is 4.52 Å². The summed E-state index contributed by atoms with van der Waals surface area (Å²) in [5, 5.41) is 18.4. The number of hydrogen-bond acceptors (Lipinski definition) is 6. The van der Waals surface area contributed by atoms with Crippen LogP contribution in [0.5, 0.6) is 5.75 Å². The molecule has 156 valence electrons. The van der Waals surface area contributed by atoms with Crippen LogP contribution in [0, 0.1) is 18.3 Å². The molecule has 1 saturated heterocycles. The maximum absolute atomic E-state index is 9.33. The minimum atomic E-state index is 0.400. The summed E-state index contributed by atoms with van der Waals surface area (Å²) in [6.07, 6.45) is 9.95. The highest BCUT2D eigenvalue weighted by Gasteiger charge is 2.34. The molecule has 0 radical (unpaired) electrons. The highest BCUT2D eigenvalue weighted by Crippen LogP contribution is 2.34. The Hall–Kier alpha value is -2.89. The lowest BCUT2D eigenvalue weighted by molar-refractivity contribution is 0.0722. The molecular formula is C22H27N7O. The third kappa shape index (κ3) is 3.06. The van der Waals surface area contributed by atoms with Crippen molar-refractivity contribution in [2.45, 2.75) is 50.7 Å². The van der Waals surface area contributed by atoms with Gasteiger partial charge in [0.15, 0.2) is 0 Å². The standard InChI is InChI=1S/C22H27N7O/c1-14-20(15-7-21(30-2)22-16(10-23)11-25-28(22)13-15)12-26-29(14)18-3-5-27(6-4-18)19-8-17(24)9-19/h7,11-13,17-19H,3-6,8-9,24H2,1-2H3/t17-,19-. The number of aromatic nitrogens is 4. The van der Waals surface area contributed by atoms with Crippen LogP contribution in [0.25, 0.3) is 16.6 Å². The third-order valence-corrected chi connectivity index (χ3v) is 6.78. The van der Waals surface area contributed by atoms with Crippen molar-refractivity contribution in [3.05, 3.63) is 35.9 Å². The number of pyridine rings is 1. The molecule has 1 saturated carbocycles. The fourth-order valence-electron chi connectivity index (χ4n) is 4.97. The van der Waals surface area contributed by atoms with Gasteiger partial charge in [-0.1, -0.05) is 0 Å². The van der Waals surface area contributed by atoms with Crippen molar-refractivity contribution >= 4 is 5.52 Å². The molecule has 0 bridgehead atoms. The molecule has 0 aromatic carbocycles. The van der Waals surface area contributed by atoms with Crippen LogP contribution in [0.3, 0.4) is 0 Å². The van der Waals surface area contributed by atoms with E-state index in [4.69, 9.17) is 15.6 Å². The largest absolute Gasteiger partial charge is 0.494 e. The average Bonchev–Trinajstić information content (AvgIpc) is 3.34. The molecule has 1 aliphatic heterocycles. The monoisotopic (exact) mass is 405 g/mol. The molecular weight excluding hydrogens is 378 g/mol. The van der Waals surface area contributed by atoms with Crippen LogP contribution < -0.4 is 10.5 Å². The highest BCUT2D eigenvalue weighted by atomic mass is 16.5. The van der Waals surface area contributed by atoms with E-state index in [0.29, 0.717) is 35.0 Å². The van der Waals surface area contributed by atoms with Gasteiger partial charge in [0.2, 0.25) is 0 Å². The van der Waals surface area contributed by atoms with Crippen LogP contribution in [0.15, 0.2) is 24.7 Å². The van der Waals surface area contributed by atoms with Crippen molar-refractivity contribution in [3.8, 4) is 22.9 Å². The zero-order valence-electron chi connectivity index (χ0n) is 17.5. The molecule has 0 spiro atoms. The lowest BCUT2D eigenvalue weighted by Gasteiger charge is -2.44. The molecule has 1 aliphatic carbocycles. The first-order valence-corrected chi connectivity index (χ1v) is 10.6. The Morgan fingerprint density at radius 1 is 1.17 bits per heavy atom. The Morgan fingerprint density at radius 3 is 2.60 bits per heavy atom. The Kier molecular flexibility index (Phi) is 4.72. The van der Waals surface area contributed by atoms with E-state index in [1.165, 1.54) is 0 Å². The van der Waals surface area contributed by atoms with Crippen molar-refractivity contribution in [2.75, 3.05) is 20.2 Å². The molecule has 2 aliphatic rings. The fourth-order valence-corrected chi connectivity index (χ4v) is 4.97. The average molecular weight is 406 g/mol. The maximum Gasteiger partial charge on any atom is 0.146 e. The number of nitrogens with zero attached hydrogens (tertiary/aromatic N) is 6. The SMILES string of the molecule is COc1cc(-c2cnn(C3CCN([C@H]4C[C@H](N)C4)CC3)c2C)cn2ncc(C#N)c12. The van der Waals surface area contributed by atoms with Gasteiger partial charge >= 0.3 is 0 Å². The van der Waals surface area contributed by atoms with Crippen LogP contribution >= 0.6 is 0 Å². The molecule has 30 heavy (non-hydrogen) atoms. The molecule has 3 aromatic rings. The number of fused-ring (bicyclic) bond motifs is 1. The van der Waals surface area contributed by atoms with Crippen LogP contribution in [-0.4, -0.2) is 56.6 Å². The molecule has 3 aromatic heterocycles. The summed E-state index contributed by atoms with van der Waals surface area (Å²) in [7, 11) is 1.62. The topological polar surface area (TPSA) is 97.4 Å². The van der Waals surface area contributed by atoms with Gasteiger partial charge in [0.1, 0.15) is 22.9 Å². The van der Waals surface area contributed by atoms with Gasteiger partial charge in [-0.15, -0.1) is 0 Å². The van der Waals surface area contributed by atoms with Gasteiger partial charge in [0, 0.05) is 48.2 Å². The number of methoxy groups -OCH3 is 1. The van der Waals surface area contributed by atoms with Gasteiger partial charge in [0.05, 0.1) is 25.5 Å². The maximum atomic E-state index is 9.33. The van der Waals surface area contributed by atoms with Crippen LogP contribution in [0.2, 0.25) is 0 Å². The zero-order valence-corrected chi connectivity index (χ0v) is 17.5. The molecule has 2 fully saturated rings. The van der Waals surface area contributed by atoms with E-state index in [1.54, 1.807) is 17.8 Å². The molecule has 4 heterocycles. The summed E-state index contributed by atoms with van der Waals surface area (Å²) in [6, 6.07) is 5.64. The molecule has 8 nitrogen and oxygen atoms in total. The van der Waals surface area contributed by atoms with E-state index in [2.05, 4.69) is 27.7 Å². The Balaban J connectivity index is 1.39. The number of hydrogen-bond donors (Lipinski definition) is 1. The highest BCUT2D eigenvalue weighted by molar-refractivity contribution is 5.75. The van der Waals surface area contributed by atoms with Gasteiger partial charge < -0.3 is 15.4 Å². The van der Waals surface area contributed by atoms with Crippen molar-refractivity contribution < 1.29 is 4.74 Å². The molecule has 0 unspecified atom stereocenters. The molecule has 5 rings (SSSR count). The van der Waals surface area contributed by atoms with E-state index < -0.39 is 0 Å². The summed E-state index contributed by atoms with van der Waals surface area (Å²) >= 11 is 0. The second-order valence-corrected chi connectivity index (χ2v) is 8.50. The summed E-state index contributed by atoms with van der Waals surface area (Å²) in [4.78, 5) is 2.60. The van der Waals surface area contributed by atoms with Crippen molar-refractivity contribution in [1.82, 2.24) is 24.3 Å². The number of nitrogens with two attached hydrogens (primary N) is 1. The Bertz CT molecular complexity index is 1110. The minimum Gasteiger partial charge on any atom is -0.494 e. The van der Waals surface area contributed by atoms with E-state index >= 15 is 0 Å². The molecule has 8 heteroatoms. The first-order chi connectivity index (χ1) is 14.6. The first-order valence-electron chi connectivity index (χ1n) is 10.6. The van der Waals surface area contributed by atoms with E-state index in [-0.39, 0.29) is 0 Å². The van der Waals surface area contributed by atoms with Crippen molar-refractivity contribution in [3.63, 3.8) is 0 Å². The molecule has 0 atom stereocenters. The third-order valence-electron chi connectivity index (χ3n) is 6.78. The summed E-state index contributed by atoms with van der Waals surface area (Å²) in [6.45, 7) is 4.35. The lowest BCUT2D eigenvalue weighted by Crippen LogP contribution is -2.52. The predicted molar refractivity (Wildman–Crippen MR) is 113 cm³/mol. The second kappa shape index (κ2) is 7.42. The van der Waals surface area contributed by atoms with Crippen LogP contribution in [-0.2, 0) is 0 Å². The van der Waals surface area contributed by atoms with Crippen LogP contribution in [0.4, 0.5) is 0 Å². The number of ether oxygens (including phenoxy) is 1. The minimum absolute atomic E-state index is 0.400.